The maximum atomic E-state index is 11.1. The van der Waals surface area contributed by atoms with Crippen LogP contribution < -0.4 is 0 Å². The average Bonchev–Trinajstić information content (AvgIpc) is 3.30. The van der Waals surface area contributed by atoms with Crippen LogP contribution in [0.5, 0.6) is 0 Å². The van der Waals surface area contributed by atoms with Gasteiger partial charge in [-0.2, -0.15) is 0 Å². The van der Waals surface area contributed by atoms with Crippen LogP contribution in [-0.4, -0.2) is 24.3 Å². The number of halogens is 1. The van der Waals surface area contributed by atoms with Crippen LogP contribution in [0.25, 0.3) is 0 Å². The van der Waals surface area contributed by atoms with E-state index in [9.17, 15) is 9.90 Å². The minimum atomic E-state index is -0.301. The zero-order valence-electron chi connectivity index (χ0n) is 18.5. The third-order valence-electron chi connectivity index (χ3n) is 6.74. The van der Waals surface area contributed by atoms with Crippen LogP contribution in [0.2, 0.25) is 4.34 Å². The Bertz CT molecular complexity index is 803. The first kappa shape index (κ1) is 24.3. The fraction of sp³-hybridized carbons (Fsp3) is 0.577. The van der Waals surface area contributed by atoms with E-state index in [1.54, 1.807) is 11.3 Å². The number of carbonyl (C=O) groups excluding carboxylic acids is 1. The molecule has 5 heteroatoms. The highest BCUT2D eigenvalue weighted by Crippen LogP contribution is 2.48. The summed E-state index contributed by atoms with van der Waals surface area (Å²) in [5, 5.41) is 10.4. The van der Waals surface area contributed by atoms with Gasteiger partial charge in [0.1, 0.15) is 0 Å². The van der Waals surface area contributed by atoms with E-state index < -0.39 is 0 Å². The number of hydrogen-bond donors (Lipinski definition) is 1. The summed E-state index contributed by atoms with van der Waals surface area (Å²) in [4.78, 5) is 12.5. The predicted molar refractivity (Wildman–Crippen MR) is 130 cm³/mol. The second-order valence-corrected chi connectivity index (χ2v) is 10.8. The zero-order valence-corrected chi connectivity index (χ0v) is 20.1. The molecule has 0 radical (unpaired) electrons. The van der Waals surface area contributed by atoms with E-state index >= 15 is 0 Å². The van der Waals surface area contributed by atoms with Crippen molar-refractivity contribution in [3.05, 3.63) is 57.3 Å². The molecule has 1 fully saturated rings. The van der Waals surface area contributed by atoms with E-state index in [2.05, 4.69) is 41.2 Å². The number of ether oxygens (including phenoxy) is 1. The van der Waals surface area contributed by atoms with Crippen LogP contribution in [-0.2, 0) is 16.0 Å². The lowest BCUT2D eigenvalue weighted by Gasteiger charge is -2.42. The molecule has 0 saturated heterocycles. The highest BCUT2D eigenvalue weighted by atomic mass is 35.5. The summed E-state index contributed by atoms with van der Waals surface area (Å²) < 4.78 is 5.55. The summed E-state index contributed by atoms with van der Waals surface area (Å²) >= 11 is 7.83. The highest BCUT2D eigenvalue weighted by Gasteiger charge is 2.36. The number of aliphatic hydroxyl groups excluding tert-OH is 1. The summed E-state index contributed by atoms with van der Waals surface area (Å²) in [6.07, 6.45) is 21.8. The minimum Gasteiger partial charge on any atom is -0.469 e. The van der Waals surface area contributed by atoms with Gasteiger partial charge in [0.15, 0.2) is 0 Å². The van der Waals surface area contributed by atoms with Gasteiger partial charge in [-0.3, -0.25) is 4.79 Å². The van der Waals surface area contributed by atoms with E-state index in [4.69, 9.17) is 11.6 Å². The number of rotatable bonds is 12. The van der Waals surface area contributed by atoms with Crippen molar-refractivity contribution in [2.24, 2.45) is 11.3 Å². The van der Waals surface area contributed by atoms with Crippen LogP contribution in [0.1, 0.15) is 69.1 Å². The molecule has 1 N–H and O–H groups in total. The number of methoxy groups -OCH3 is 1. The fourth-order valence-corrected chi connectivity index (χ4v) is 5.98. The van der Waals surface area contributed by atoms with Gasteiger partial charge in [0.25, 0.3) is 0 Å². The molecule has 0 aliphatic heterocycles. The number of unbranched alkanes of at least 4 members (excludes halogenated alkanes) is 1. The molecule has 0 amide bonds. The second kappa shape index (κ2) is 12.0. The Morgan fingerprint density at radius 3 is 2.81 bits per heavy atom. The molecule has 1 saturated carbocycles. The first-order chi connectivity index (χ1) is 15.0. The largest absolute Gasteiger partial charge is 0.469 e. The lowest BCUT2D eigenvalue weighted by molar-refractivity contribution is -0.140. The van der Waals surface area contributed by atoms with Gasteiger partial charge < -0.3 is 9.84 Å². The molecule has 3 nitrogen and oxygen atoms in total. The molecule has 0 bridgehead atoms. The highest BCUT2D eigenvalue weighted by molar-refractivity contribution is 7.16. The molecule has 1 aromatic heterocycles. The Morgan fingerprint density at radius 2 is 2.13 bits per heavy atom. The molecule has 170 valence electrons. The standard InChI is InChI=1S/C26H35ClO3S/c1-30-25(29)11-5-3-2-4-9-20-12-14-23(28)22(20)10-6-7-16-26(17-8-18-26)19-21-13-15-24(27)31-21/h2,4,6,10,12-13,15,22-23,28H,3,5,7-9,11,14,16-19H2,1H3/b4-2-,10-6+/t22-,23-/m1/s1. The van der Waals surface area contributed by atoms with Crippen molar-refractivity contribution < 1.29 is 14.6 Å². The molecule has 31 heavy (non-hydrogen) atoms. The van der Waals surface area contributed by atoms with Gasteiger partial charge in [0, 0.05) is 17.2 Å². The number of thiophene rings is 1. The van der Waals surface area contributed by atoms with Crippen molar-refractivity contribution in [1.29, 1.82) is 0 Å². The molecule has 2 atom stereocenters. The monoisotopic (exact) mass is 462 g/mol. The van der Waals surface area contributed by atoms with Crippen LogP contribution in [0.3, 0.4) is 0 Å². The van der Waals surface area contributed by atoms with Crippen LogP contribution in [0.15, 0.2) is 48.1 Å². The van der Waals surface area contributed by atoms with E-state index in [0.717, 1.165) is 42.9 Å². The summed E-state index contributed by atoms with van der Waals surface area (Å²) in [6, 6.07) is 4.19. The van der Waals surface area contributed by atoms with Gasteiger partial charge in [-0.25, -0.2) is 0 Å². The van der Waals surface area contributed by atoms with Crippen LogP contribution in [0, 0.1) is 11.3 Å². The van der Waals surface area contributed by atoms with Crippen molar-refractivity contribution in [2.45, 2.75) is 76.7 Å². The molecular weight excluding hydrogens is 428 g/mol. The fourth-order valence-electron chi connectivity index (χ4n) is 4.72. The van der Waals surface area contributed by atoms with Crippen molar-refractivity contribution >= 4 is 28.9 Å². The summed E-state index contributed by atoms with van der Waals surface area (Å²) in [5.41, 5.74) is 1.75. The Labute approximate surface area is 195 Å². The van der Waals surface area contributed by atoms with E-state index in [1.807, 2.05) is 6.07 Å². The van der Waals surface area contributed by atoms with E-state index in [0.29, 0.717) is 11.8 Å². The van der Waals surface area contributed by atoms with Gasteiger partial charge in [-0.05, 0) is 75.3 Å². The molecule has 1 heterocycles. The maximum absolute atomic E-state index is 11.1. The lowest BCUT2D eigenvalue weighted by Crippen LogP contribution is -2.31. The number of esters is 1. The van der Waals surface area contributed by atoms with Gasteiger partial charge in [0.2, 0.25) is 0 Å². The van der Waals surface area contributed by atoms with Gasteiger partial charge in [0.05, 0.1) is 17.6 Å². The third kappa shape index (κ3) is 7.34. The molecule has 2 aliphatic rings. The van der Waals surface area contributed by atoms with E-state index in [-0.39, 0.29) is 18.0 Å². The smallest absolute Gasteiger partial charge is 0.305 e. The SMILES string of the molecule is COC(=O)CCC/C=C\CC1=CC[C@@H](O)[C@@H]1/C=C/CCC1(Cc2ccc(Cl)s2)CCC1. The number of allylic oxidation sites excluding steroid dienone is 3. The Balaban J connectivity index is 1.42. The topological polar surface area (TPSA) is 46.5 Å². The predicted octanol–water partition coefficient (Wildman–Crippen LogP) is 7.05. The Hall–Kier alpha value is -1.36. The van der Waals surface area contributed by atoms with Crippen LogP contribution in [0.4, 0.5) is 0 Å². The molecule has 3 rings (SSSR count). The zero-order chi connectivity index (χ0) is 22.1. The maximum Gasteiger partial charge on any atom is 0.305 e. The van der Waals surface area contributed by atoms with Crippen LogP contribution >= 0.6 is 22.9 Å². The number of aliphatic hydroxyl groups is 1. The Morgan fingerprint density at radius 1 is 1.29 bits per heavy atom. The molecular formula is C26H35ClO3S. The normalized spacial score (nSPS) is 22.7. The summed E-state index contributed by atoms with van der Waals surface area (Å²) in [5.74, 6) is -0.0174. The number of carbonyl (C=O) groups is 1. The van der Waals surface area contributed by atoms with Crippen molar-refractivity contribution in [3.63, 3.8) is 0 Å². The van der Waals surface area contributed by atoms with Crippen molar-refractivity contribution in [1.82, 2.24) is 0 Å². The third-order valence-corrected chi connectivity index (χ3v) is 7.97. The average molecular weight is 463 g/mol. The number of hydrogen-bond acceptors (Lipinski definition) is 4. The summed E-state index contributed by atoms with van der Waals surface area (Å²) in [7, 11) is 1.43. The van der Waals surface area contributed by atoms with Crippen molar-refractivity contribution in [2.75, 3.05) is 7.11 Å². The summed E-state index contributed by atoms with van der Waals surface area (Å²) in [6.45, 7) is 0. The second-order valence-electron chi connectivity index (χ2n) is 8.95. The first-order valence-corrected chi connectivity index (χ1v) is 12.7. The minimum absolute atomic E-state index is 0.133. The quantitative estimate of drug-likeness (QED) is 0.205. The molecule has 2 aliphatic carbocycles. The lowest BCUT2D eigenvalue weighted by atomic mass is 9.64. The first-order valence-electron chi connectivity index (χ1n) is 11.5. The van der Waals surface area contributed by atoms with E-state index in [1.165, 1.54) is 43.2 Å². The van der Waals surface area contributed by atoms with Gasteiger partial charge in [-0.15, -0.1) is 11.3 Å². The molecule has 0 unspecified atom stereocenters. The molecule has 0 spiro atoms. The molecule has 0 aromatic carbocycles. The van der Waals surface area contributed by atoms with Gasteiger partial charge in [-0.1, -0.05) is 54.0 Å². The van der Waals surface area contributed by atoms with Crippen molar-refractivity contribution in [3.8, 4) is 0 Å². The molecule has 1 aromatic rings. The van der Waals surface area contributed by atoms with Gasteiger partial charge >= 0.3 is 5.97 Å². The Kier molecular flexibility index (Phi) is 9.43.